The summed E-state index contributed by atoms with van der Waals surface area (Å²) in [4.78, 5) is 2.62. The highest BCUT2D eigenvalue weighted by atomic mass is 15.1. The molecule has 0 spiro atoms. The molecule has 4 aliphatic carbocycles. The predicted molar refractivity (Wildman–Crippen MR) is 241 cm³/mol. The molecule has 1 nitrogen and oxygen atoms in total. The lowest BCUT2D eigenvalue weighted by molar-refractivity contribution is 0.422. The van der Waals surface area contributed by atoms with Crippen molar-refractivity contribution in [1.82, 2.24) is 0 Å². The van der Waals surface area contributed by atoms with Gasteiger partial charge in [-0.05, 0) is 135 Å². The van der Waals surface area contributed by atoms with Crippen LogP contribution in [0.15, 0.2) is 152 Å². The van der Waals surface area contributed by atoms with Gasteiger partial charge >= 0.3 is 0 Å². The van der Waals surface area contributed by atoms with Crippen LogP contribution in [0, 0.1) is 11.8 Å². The van der Waals surface area contributed by atoms with Gasteiger partial charge in [0.25, 0.3) is 0 Å². The molecule has 3 saturated carbocycles. The largest absolute Gasteiger partial charge is 0.309 e. The summed E-state index contributed by atoms with van der Waals surface area (Å²) in [6, 6.07) is 58.2. The number of nitrogens with zero attached hydrogens (tertiary/aromatic N) is 1. The van der Waals surface area contributed by atoms with E-state index in [1.807, 2.05) is 0 Å². The number of fused-ring (bicyclic) bond motifs is 6. The first kappa shape index (κ1) is 34.8. The maximum absolute atomic E-state index is 2.62. The number of benzene rings is 7. The SMILES string of the molecule is CC1(C)c2ccccc2-c2ccc(N(c3ccc(C4CCCCC4)cc3)c3ccc(C4CC5CCC4C5)c4ccccc34)c(-c3ccc(-c4ccccc4)cc3)c21. The number of anilines is 3. The van der Waals surface area contributed by atoms with E-state index in [9.17, 15) is 0 Å². The molecule has 4 aliphatic rings. The van der Waals surface area contributed by atoms with Crippen LogP contribution in [-0.2, 0) is 5.41 Å². The molecule has 57 heavy (non-hydrogen) atoms. The Labute approximate surface area is 339 Å². The van der Waals surface area contributed by atoms with Crippen molar-refractivity contribution < 1.29 is 0 Å². The first-order valence-corrected chi connectivity index (χ1v) is 21.9. The van der Waals surface area contributed by atoms with E-state index in [0.29, 0.717) is 11.8 Å². The highest BCUT2D eigenvalue weighted by molar-refractivity contribution is 6.04. The molecule has 0 radical (unpaired) electrons. The molecule has 3 atom stereocenters. The zero-order valence-electron chi connectivity index (χ0n) is 33.6. The number of hydrogen-bond acceptors (Lipinski definition) is 1. The average Bonchev–Trinajstić information content (AvgIpc) is 3.97. The molecule has 0 aromatic heterocycles. The van der Waals surface area contributed by atoms with Crippen molar-refractivity contribution in [2.45, 2.75) is 88.9 Å². The van der Waals surface area contributed by atoms with Crippen LogP contribution in [-0.4, -0.2) is 0 Å². The van der Waals surface area contributed by atoms with Crippen LogP contribution >= 0.6 is 0 Å². The molecule has 0 amide bonds. The fourth-order valence-electron chi connectivity index (χ4n) is 12.0. The molecule has 2 bridgehead atoms. The Bertz CT molecular complexity index is 2590. The fraction of sp³-hybridized carbons (Fsp3) is 0.286. The second kappa shape index (κ2) is 13.9. The van der Waals surface area contributed by atoms with E-state index in [4.69, 9.17) is 0 Å². The van der Waals surface area contributed by atoms with Gasteiger partial charge in [-0.2, -0.15) is 0 Å². The first-order chi connectivity index (χ1) is 28.0. The molecule has 7 aromatic carbocycles. The zero-order chi connectivity index (χ0) is 38.1. The molecule has 3 unspecified atom stereocenters. The van der Waals surface area contributed by atoms with E-state index in [1.165, 1.54) is 136 Å². The van der Waals surface area contributed by atoms with Gasteiger partial charge < -0.3 is 4.90 Å². The number of rotatable bonds is 7. The van der Waals surface area contributed by atoms with Gasteiger partial charge in [0.15, 0.2) is 0 Å². The van der Waals surface area contributed by atoms with Gasteiger partial charge in [-0.25, -0.2) is 0 Å². The normalized spacial score (nSPS) is 20.8. The van der Waals surface area contributed by atoms with Gasteiger partial charge in [0.05, 0.1) is 11.4 Å². The minimum atomic E-state index is -0.181. The molecule has 0 saturated heterocycles. The second-order valence-corrected chi connectivity index (χ2v) is 18.3. The van der Waals surface area contributed by atoms with Gasteiger partial charge in [0, 0.05) is 22.1 Å². The van der Waals surface area contributed by atoms with E-state index in [2.05, 4.69) is 170 Å². The molecule has 282 valence electrons. The van der Waals surface area contributed by atoms with Crippen molar-refractivity contribution >= 4 is 27.8 Å². The molecule has 7 aromatic rings. The Kier molecular flexibility index (Phi) is 8.50. The zero-order valence-corrected chi connectivity index (χ0v) is 33.6. The summed E-state index contributed by atoms with van der Waals surface area (Å²) in [5.41, 5.74) is 17.2. The van der Waals surface area contributed by atoms with Crippen LogP contribution in [0.1, 0.15) is 106 Å². The first-order valence-electron chi connectivity index (χ1n) is 21.9. The maximum Gasteiger partial charge on any atom is 0.0543 e. The maximum atomic E-state index is 2.62. The minimum absolute atomic E-state index is 0.181. The minimum Gasteiger partial charge on any atom is -0.309 e. The summed E-state index contributed by atoms with van der Waals surface area (Å²) in [6.45, 7) is 4.87. The van der Waals surface area contributed by atoms with Gasteiger partial charge in [-0.1, -0.05) is 167 Å². The molecular weight excluding hydrogens is 687 g/mol. The Morgan fingerprint density at radius 1 is 0.509 bits per heavy atom. The van der Waals surface area contributed by atoms with E-state index in [-0.39, 0.29) is 5.41 Å². The van der Waals surface area contributed by atoms with Crippen molar-refractivity contribution in [3.05, 3.63) is 174 Å². The van der Waals surface area contributed by atoms with Crippen LogP contribution < -0.4 is 4.90 Å². The third kappa shape index (κ3) is 5.80. The van der Waals surface area contributed by atoms with Gasteiger partial charge in [-0.3, -0.25) is 0 Å². The van der Waals surface area contributed by atoms with E-state index >= 15 is 0 Å². The Hall–Kier alpha value is -5.40. The number of hydrogen-bond donors (Lipinski definition) is 0. The average molecular weight is 740 g/mol. The van der Waals surface area contributed by atoms with Crippen LogP contribution in [0.3, 0.4) is 0 Å². The highest BCUT2D eigenvalue weighted by Gasteiger charge is 2.42. The van der Waals surface area contributed by atoms with Crippen molar-refractivity contribution in [2.75, 3.05) is 4.90 Å². The lowest BCUT2D eigenvalue weighted by Crippen LogP contribution is -2.19. The molecule has 3 fully saturated rings. The Balaban J connectivity index is 1.15. The summed E-state index contributed by atoms with van der Waals surface area (Å²) in [6.07, 6.45) is 12.3. The summed E-state index contributed by atoms with van der Waals surface area (Å²) in [5.74, 6) is 3.08. The quantitative estimate of drug-likeness (QED) is 0.157. The van der Waals surface area contributed by atoms with Crippen LogP contribution in [0.2, 0.25) is 0 Å². The molecule has 1 heteroatoms. The van der Waals surface area contributed by atoms with Crippen molar-refractivity contribution in [3.63, 3.8) is 0 Å². The Morgan fingerprint density at radius 2 is 1.19 bits per heavy atom. The summed E-state index contributed by atoms with van der Waals surface area (Å²) >= 11 is 0. The third-order valence-electron chi connectivity index (χ3n) is 14.8. The van der Waals surface area contributed by atoms with Crippen LogP contribution in [0.25, 0.3) is 44.2 Å². The fourth-order valence-corrected chi connectivity index (χ4v) is 12.0. The van der Waals surface area contributed by atoms with Gasteiger partial charge in [-0.15, -0.1) is 0 Å². The summed E-state index contributed by atoms with van der Waals surface area (Å²) in [7, 11) is 0. The van der Waals surface area contributed by atoms with Crippen molar-refractivity contribution in [2.24, 2.45) is 11.8 Å². The monoisotopic (exact) mass is 739 g/mol. The predicted octanol–water partition coefficient (Wildman–Crippen LogP) is 15.9. The third-order valence-corrected chi connectivity index (χ3v) is 14.8. The van der Waals surface area contributed by atoms with E-state index in [1.54, 1.807) is 5.56 Å². The van der Waals surface area contributed by atoms with Crippen molar-refractivity contribution in [3.8, 4) is 33.4 Å². The van der Waals surface area contributed by atoms with Crippen molar-refractivity contribution in [1.29, 1.82) is 0 Å². The molecule has 0 heterocycles. The molecular formula is C56H53N. The molecule has 0 aliphatic heterocycles. The van der Waals surface area contributed by atoms with Crippen LogP contribution in [0.5, 0.6) is 0 Å². The van der Waals surface area contributed by atoms with Gasteiger partial charge in [0.1, 0.15) is 0 Å². The van der Waals surface area contributed by atoms with E-state index in [0.717, 1.165) is 11.8 Å². The van der Waals surface area contributed by atoms with Gasteiger partial charge in [0.2, 0.25) is 0 Å². The topological polar surface area (TPSA) is 3.24 Å². The summed E-state index contributed by atoms with van der Waals surface area (Å²) < 4.78 is 0. The lowest BCUT2D eigenvalue weighted by Gasteiger charge is -2.34. The highest BCUT2D eigenvalue weighted by Crippen LogP contribution is 2.58. The molecule has 0 N–H and O–H groups in total. The Morgan fingerprint density at radius 3 is 1.95 bits per heavy atom. The summed E-state index contributed by atoms with van der Waals surface area (Å²) in [5, 5.41) is 2.78. The lowest BCUT2D eigenvalue weighted by atomic mass is 9.78. The van der Waals surface area contributed by atoms with Crippen LogP contribution in [0.4, 0.5) is 17.1 Å². The molecule has 11 rings (SSSR count). The standard InChI is InChI=1S/C56H53N/c1-56(2)51-20-12-11-18-47(51)49-32-34-53(54(55(49)56)42-25-23-40(24-26-42)38-13-5-3-6-14-38)57(44-29-27-41(28-30-44)39-15-7-4-8-16-39)52-33-31-46(45-17-9-10-19-48(45)52)50-36-37-21-22-43(50)35-37/h3,5-6,9-14,17-20,23-34,37,39,43,50H,4,7-8,15-16,21-22,35-36H2,1-2H3. The second-order valence-electron chi connectivity index (χ2n) is 18.3. The smallest absolute Gasteiger partial charge is 0.0543 e. The van der Waals surface area contributed by atoms with E-state index < -0.39 is 0 Å².